The van der Waals surface area contributed by atoms with Gasteiger partial charge in [0, 0.05) is 12.4 Å². The van der Waals surface area contributed by atoms with Crippen molar-refractivity contribution in [3.8, 4) is 5.82 Å². The van der Waals surface area contributed by atoms with Crippen molar-refractivity contribution in [2.75, 3.05) is 0 Å². The largest absolute Gasteiger partial charge is 0.285 e. The van der Waals surface area contributed by atoms with Crippen LogP contribution in [0.3, 0.4) is 0 Å². The first kappa shape index (κ1) is 7.70. The van der Waals surface area contributed by atoms with E-state index in [1.165, 1.54) is 0 Å². The highest BCUT2D eigenvalue weighted by atomic mass is 35.5. The van der Waals surface area contributed by atoms with Gasteiger partial charge >= 0.3 is 0 Å². The van der Waals surface area contributed by atoms with Gasteiger partial charge in [0.25, 0.3) is 0 Å². The summed E-state index contributed by atoms with van der Waals surface area (Å²) in [5, 5.41) is 0.418. The van der Waals surface area contributed by atoms with Crippen molar-refractivity contribution in [1.82, 2.24) is 18.3 Å². The Labute approximate surface area is 78.2 Å². The van der Waals surface area contributed by atoms with E-state index in [4.69, 9.17) is 11.6 Å². The van der Waals surface area contributed by atoms with Crippen LogP contribution in [0.1, 0.15) is 5.82 Å². The van der Waals surface area contributed by atoms with Crippen LogP contribution in [-0.4, -0.2) is 18.3 Å². The Hall–Kier alpha value is -0.940. The first-order chi connectivity index (χ1) is 5.79. The van der Waals surface area contributed by atoms with Gasteiger partial charge in [0.15, 0.2) is 11.0 Å². The van der Waals surface area contributed by atoms with E-state index in [1.807, 2.05) is 6.92 Å². The Bertz CT molecular complexity index is 355. The molecule has 0 spiro atoms. The third kappa shape index (κ3) is 1.11. The fourth-order valence-electron chi connectivity index (χ4n) is 0.919. The van der Waals surface area contributed by atoms with Gasteiger partial charge < -0.3 is 0 Å². The minimum atomic E-state index is 0.418. The Morgan fingerprint density at radius 1 is 1.50 bits per heavy atom. The van der Waals surface area contributed by atoms with Crippen LogP contribution in [0.5, 0.6) is 0 Å². The second kappa shape index (κ2) is 2.84. The van der Waals surface area contributed by atoms with E-state index >= 15 is 0 Å². The quantitative estimate of drug-likeness (QED) is 0.704. The molecule has 0 N–H and O–H groups in total. The second-order valence-electron chi connectivity index (χ2n) is 2.22. The summed E-state index contributed by atoms with van der Waals surface area (Å²) in [6.45, 7) is 1.88. The standard InChI is InChI=1S/C6H5ClN4S/c1-4-8-2-3-11(4)6-5(7)9-12-10-6/h2-3H,1H3. The highest BCUT2D eigenvalue weighted by Gasteiger charge is 2.08. The minimum absolute atomic E-state index is 0.418. The zero-order chi connectivity index (χ0) is 8.55. The van der Waals surface area contributed by atoms with Gasteiger partial charge in [-0.1, -0.05) is 11.6 Å². The van der Waals surface area contributed by atoms with Crippen LogP contribution in [-0.2, 0) is 0 Å². The zero-order valence-corrected chi connectivity index (χ0v) is 7.80. The van der Waals surface area contributed by atoms with Gasteiger partial charge in [-0.2, -0.15) is 8.75 Å². The van der Waals surface area contributed by atoms with Gasteiger partial charge in [-0.15, -0.1) is 0 Å². The van der Waals surface area contributed by atoms with Gasteiger partial charge in [0.05, 0.1) is 11.7 Å². The molecule has 0 saturated carbocycles. The molecule has 0 fully saturated rings. The maximum absolute atomic E-state index is 5.79. The van der Waals surface area contributed by atoms with Crippen LogP contribution < -0.4 is 0 Å². The molecule has 0 aromatic carbocycles. The number of halogens is 1. The normalized spacial score (nSPS) is 10.5. The molecule has 6 heteroatoms. The molecule has 0 aliphatic carbocycles. The van der Waals surface area contributed by atoms with Gasteiger partial charge in [0.1, 0.15) is 5.82 Å². The summed E-state index contributed by atoms with van der Waals surface area (Å²) >= 11 is 6.88. The summed E-state index contributed by atoms with van der Waals surface area (Å²) in [5.74, 6) is 1.50. The molecule has 0 aliphatic heterocycles. The predicted molar refractivity (Wildman–Crippen MR) is 46.8 cm³/mol. The molecule has 0 radical (unpaired) electrons. The van der Waals surface area contributed by atoms with E-state index in [9.17, 15) is 0 Å². The number of hydrogen-bond acceptors (Lipinski definition) is 4. The van der Waals surface area contributed by atoms with Gasteiger partial charge in [0.2, 0.25) is 0 Å². The van der Waals surface area contributed by atoms with Crippen LogP contribution in [0.15, 0.2) is 12.4 Å². The van der Waals surface area contributed by atoms with Crippen LogP contribution in [0.4, 0.5) is 0 Å². The van der Waals surface area contributed by atoms with Crippen molar-refractivity contribution in [3.63, 3.8) is 0 Å². The fraction of sp³-hybridized carbons (Fsp3) is 0.167. The monoisotopic (exact) mass is 200 g/mol. The van der Waals surface area contributed by atoms with Gasteiger partial charge in [-0.3, -0.25) is 4.57 Å². The molecule has 2 aromatic rings. The molecule has 0 amide bonds. The number of hydrogen-bond donors (Lipinski definition) is 0. The molecule has 12 heavy (non-hydrogen) atoms. The zero-order valence-electron chi connectivity index (χ0n) is 6.23. The second-order valence-corrected chi connectivity index (χ2v) is 3.11. The summed E-state index contributed by atoms with van der Waals surface area (Å²) in [6, 6.07) is 0. The molecule has 0 saturated heterocycles. The number of aromatic nitrogens is 4. The van der Waals surface area contributed by atoms with Crippen LogP contribution in [0.2, 0.25) is 5.15 Å². The maximum Gasteiger partial charge on any atom is 0.191 e. The number of imidazole rings is 1. The first-order valence-corrected chi connectivity index (χ1v) is 4.38. The van der Waals surface area contributed by atoms with Crippen molar-refractivity contribution in [2.45, 2.75) is 6.92 Å². The first-order valence-electron chi connectivity index (χ1n) is 3.27. The van der Waals surface area contributed by atoms with Crippen LogP contribution >= 0.6 is 23.3 Å². The van der Waals surface area contributed by atoms with Crippen LogP contribution in [0.25, 0.3) is 5.82 Å². The smallest absolute Gasteiger partial charge is 0.191 e. The molecule has 2 heterocycles. The highest BCUT2D eigenvalue weighted by molar-refractivity contribution is 6.99. The topological polar surface area (TPSA) is 43.6 Å². The van der Waals surface area contributed by atoms with E-state index in [0.29, 0.717) is 11.0 Å². The van der Waals surface area contributed by atoms with Crippen LogP contribution in [0, 0.1) is 6.92 Å². The Balaban J connectivity index is 2.57. The highest BCUT2D eigenvalue weighted by Crippen LogP contribution is 2.17. The molecule has 4 nitrogen and oxygen atoms in total. The summed E-state index contributed by atoms with van der Waals surface area (Å²) in [5.41, 5.74) is 0. The van der Waals surface area contributed by atoms with Crippen molar-refractivity contribution in [3.05, 3.63) is 23.4 Å². The molecule has 2 aromatic heterocycles. The summed E-state index contributed by atoms with van der Waals surface area (Å²) in [4.78, 5) is 4.05. The number of rotatable bonds is 1. The van der Waals surface area contributed by atoms with Crippen molar-refractivity contribution in [1.29, 1.82) is 0 Å². The van der Waals surface area contributed by atoms with Gasteiger partial charge in [-0.05, 0) is 6.92 Å². The third-order valence-corrected chi connectivity index (χ3v) is 2.36. The lowest BCUT2D eigenvalue weighted by Crippen LogP contribution is -1.95. The van der Waals surface area contributed by atoms with E-state index in [2.05, 4.69) is 13.7 Å². The number of aryl methyl sites for hydroxylation is 1. The minimum Gasteiger partial charge on any atom is -0.285 e. The fourth-order valence-corrected chi connectivity index (χ4v) is 1.64. The summed E-state index contributed by atoms with van der Waals surface area (Å²) < 4.78 is 9.70. The van der Waals surface area contributed by atoms with Gasteiger partial charge in [-0.25, -0.2) is 4.98 Å². The lowest BCUT2D eigenvalue weighted by Gasteiger charge is -1.97. The average molecular weight is 201 g/mol. The molecular weight excluding hydrogens is 196 g/mol. The van der Waals surface area contributed by atoms with Crippen molar-refractivity contribution >= 4 is 23.3 Å². The molecule has 62 valence electrons. The lowest BCUT2D eigenvalue weighted by molar-refractivity contribution is 0.950. The van der Waals surface area contributed by atoms with E-state index in [1.54, 1.807) is 17.0 Å². The SMILES string of the molecule is Cc1nccn1-c1nsnc1Cl. The summed E-state index contributed by atoms with van der Waals surface area (Å²) in [7, 11) is 0. The average Bonchev–Trinajstić information content (AvgIpc) is 2.59. The van der Waals surface area contributed by atoms with E-state index in [-0.39, 0.29) is 0 Å². The molecule has 0 aliphatic rings. The van der Waals surface area contributed by atoms with Crippen molar-refractivity contribution in [2.24, 2.45) is 0 Å². The maximum atomic E-state index is 5.79. The predicted octanol–water partition coefficient (Wildman–Crippen LogP) is 1.69. The molecule has 0 bridgehead atoms. The van der Waals surface area contributed by atoms with Crippen molar-refractivity contribution < 1.29 is 0 Å². The molecular formula is C6H5ClN4S. The molecule has 0 atom stereocenters. The summed E-state index contributed by atoms with van der Waals surface area (Å²) in [6.07, 6.45) is 3.50. The third-order valence-electron chi connectivity index (χ3n) is 1.49. The molecule has 2 rings (SSSR count). The Morgan fingerprint density at radius 2 is 2.33 bits per heavy atom. The Kier molecular flexibility index (Phi) is 1.82. The van der Waals surface area contributed by atoms with E-state index < -0.39 is 0 Å². The Morgan fingerprint density at radius 3 is 2.83 bits per heavy atom. The molecule has 0 unspecified atom stereocenters. The van der Waals surface area contributed by atoms with E-state index in [0.717, 1.165) is 17.6 Å². The number of nitrogens with zero attached hydrogens (tertiary/aromatic N) is 4. The lowest BCUT2D eigenvalue weighted by atomic mass is 10.6.